The molecule has 0 saturated heterocycles. The first-order chi connectivity index (χ1) is 11.9. The van der Waals surface area contributed by atoms with E-state index in [9.17, 15) is 22.8 Å². The number of hydrogen-bond acceptors (Lipinski definition) is 8. The van der Waals surface area contributed by atoms with Crippen LogP contribution in [0.5, 0.6) is 0 Å². The Kier molecular flexibility index (Phi) is 14.8. The molecule has 0 aliphatic heterocycles. The van der Waals surface area contributed by atoms with Crippen LogP contribution >= 0.6 is 0 Å². The molecule has 9 nitrogen and oxygen atoms in total. The standard InChI is InChI=1S/C16H24O9S.Ca.2H/c1-11(2)14(17)24-9-13(10-25-15(18)12(3)4)16(19)23-7-5-6-8-26(20,21)22;;;/h13H,1,3,5-10H2,2,4H3,(H,20,21,22);;;/q;+2;2*-1. The van der Waals surface area contributed by atoms with E-state index in [-0.39, 0.29) is 84.4 Å². The van der Waals surface area contributed by atoms with Gasteiger partial charge in [-0.15, -0.1) is 0 Å². The third-order valence-electron chi connectivity index (χ3n) is 2.90. The van der Waals surface area contributed by atoms with E-state index in [2.05, 4.69) is 13.2 Å². The van der Waals surface area contributed by atoms with Gasteiger partial charge in [0.1, 0.15) is 19.1 Å². The van der Waals surface area contributed by atoms with Crippen molar-refractivity contribution in [2.45, 2.75) is 26.7 Å². The average molecular weight is 435 g/mol. The zero-order chi connectivity index (χ0) is 20.3. The van der Waals surface area contributed by atoms with Crippen molar-refractivity contribution < 1.29 is 44.4 Å². The maximum atomic E-state index is 12.1. The minimum atomic E-state index is -4.07. The summed E-state index contributed by atoms with van der Waals surface area (Å²) in [6, 6.07) is 0. The number of ether oxygens (including phenoxy) is 3. The van der Waals surface area contributed by atoms with E-state index in [0.717, 1.165) is 0 Å². The zero-order valence-electron chi connectivity index (χ0n) is 17.6. The molecule has 0 aromatic heterocycles. The van der Waals surface area contributed by atoms with Crippen LogP contribution in [0.25, 0.3) is 0 Å². The van der Waals surface area contributed by atoms with Gasteiger partial charge in [0.05, 0.1) is 12.4 Å². The molecule has 0 bridgehead atoms. The molecule has 0 aromatic carbocycles. The summed E-state index contributed by atoms with van der Waals surface area (Å²) in [7, 11) is -4.07. The predicted octanol–water partition coefficient (Wildman–Crippen LogP) is 0.897. The Hall–Kier alpha value is -0.940. The number of hydrogen-bond donors (Lipinski definition) is 1. The Balaban J connectivity index is -0.00000104. The van der Waals surface area contributed by atoms with E-state index in [0.29, 0.717) is 0 Å². The number of esters is 3. The monoisotopic (exact) mass is 434 g/mol. The van der Waals surface area contributed by atoms with Crippen molar-refractivity contribution >= 4 is 65.8 Å². The van der Waals surface area contributed by atoms with Crippen molar-refractivity contribution in [3.05, 3.63) is 24.3 Å². The van der Waals surface area contributed by atoms with Gasteiger partial charge < -0.3 is 17.1 Å². The first-order valence-electron chi connectivity index (χ1n) is 7.71. The third kappa shape index (κ3) is 14.7. The summed E-state index contributed by atoms with van der Waals surface area (Å²) in [6.07, 6.45) is 0.307. The molecule has 1 N–H and O–H groups in total. The molecule has 0 spiro atoms. The minimum Gasteiger partial charge on any atom is -1.00 e. The molecule has 0 saturated carbocycles. The molecule has 0 fully saturated rings. The van der Waals surface area contributed by atoms with Crippen LogP contribution in [-0.4, -0.2) is 94.2 Å². The van der Waals surface area contributed by atoms with Crippen LogP contribution in [0.2, 0.25) is 0 Å². The summed E-state index contributed by atoms with van der Waals surface area (Å²) in [5.74, 6) is -3.69. The van der Waals surface area contributed by atoms with Gasteiger partial charge in [0.15, 0.2) is 0 Å². The fourth-order valence-corrected chi connectivity index (χ4v) is 2.03. The van der Waals surface area contributed by atoms with Crippen LogP contribution in [0.15, 0.2) is 24.3 Å². The van der Waals surface area contributed by atoms with Crippen LogP contribution in [0.3, 0.4) is 0 Å². The number of carbonyl (C=O) groups is 3. The van der Waals surface area contributed by atoms with E-state index < -0.39 is 39.7 Å². The van der Waals surface area contributed by atoms with E-state index in [1.165, 1.54) is 13.8 Å². The second-order valence-electron chi connectivity index (χ2n) is 5.62. The Morgan fingerprint density at radius 2 is 1.41 bits per heavy atom. The molecule has 0 aliphatic carbocycles. The van der Waals surface area contributed by atoms with E-state index in [1.807, 2.05) is 0 Å². The van der Waals surface area contributed by atoms with Gasteiger partial charge in [-0.3, -0.25) is 9.35 Å². The van der Waals surface area contributed by atoms with Crippen LogP contribution in [-0.2, 0) is 38.7 Å². The molecule has 0 atom stereocenters. The van der Waals surface area contributed by atoms with Crippen LogP contribution in [0, 0.1) is 5.92 Å². The topological polar surface area (TPSA) is 133 Å². The summed E-state index contributed by atoms with van der Waals surface area (Å²) in [5, 5.41) is 0. The van der Waals surface area contributed by atoms with Crippen molar-refractivity contribution in [2.75, 3.05) is 25.6 Å². The molecule has 0 aliphatic rings. The molecule has 0 aromatic rings. The second kappa shape index (κ2) is 14.1. The Morgan fingerprint density at radius 3 is 1.78 bits per heavy atom. The molecular formula is C16H26CaO9S. The fraction of sp³-hybridized carbons (Fsp3) is 0.562. The van der Waals surface area contributed by atoms with E-state index in [1.54, 1.807) is 0 Å². The first-order valence-corrected chi connectivity index (χ1v) is 9.32. The van der Waals surface area contributed by atoms with Crippen molar-refractivity contribution in [1.82, 2.24) is 0 Å². The molecule has 0 heterocycles. The molecule has 0 radical (unpaired) electrons. The van der Waals surface area contributed by atoms with Gasteiger partial charge in [-0.2, -0.15) is 8.42 Å². The van der Waals surface area contributed by atoms with Gasteiger partial charge in [-0.05, 0) is 26.7 Å². The van der Waals surface area contributed by atoms with Gasteiger partial charge in [0.25, 0.3) is 10.1 Å². The summed E-state index contributed by atoms with van der Waals surface area (Å²) in [5.41, 5.74) is 0.280. The van der Waals surface area contributed by atoms with E-state index in [4.69, 9.17) is 18.8 Å². The molecule has 0 unspecified atom stereocenters. The minimum absolute atomic E-state index is 0. The number of rotatable bonds is 12. The molecule has 152 valence electrons. The predicted molar refractivity (Wildman–Crippen MR) is 99.6 cm³/mol. The zero-order valence-corrected chi connectivity index (χ0v) is 18.6. The first kappa shape index (κ1) is 28.3. The number of carbonyl (C=O) groups excluding carboxylic acids is 3. The third-order valence-corrected chi connectivity index (χ3v) is 3.71. The Labute approximate surface area is 191 Å². The van der Waals surface area contributed by atoms with Crippen molar-refractivity contribution in [3.63, 3.8) is 0 Å². The molecule has 11 heteroatoms. The van der Waals surface area contributed by atoms with Gasteiger partial charge in [0, 0.05) is 11.1 Å². The van der Waals surface area contributed by atoms with Crippen LogP contribution < -0.4 is 0 Å². The summed E-state index contributed by atoms with van der Waals surface area (Å²) in [4.78, 5) is 34.9. The SMILES string of the molecule is C=C(C)C(=O)OCC(COC(=O)C(=C)C)C(=O)OCCCCS(=O)(=O)O.[Ca+2].[H-].[H-]. The van der Waals surface area contributed by atoms with Gasteiger partial charge in [-0.25, -0.2) is 9.59 Å². The van der Waals surface area contributed by atoms with Crippen molar-refractivity contribution in [1.29, 1.82) is 0 Å². The fourth-order valence-electron chi connectivity index (χ4n) is 1.46. The van der Waals surface area contributed by atoms with Crippen LogP contribution in [0.1, 0.15) is 29.5 Å². The number of unbranched alkanes of at least 4 members (excludes halogenated alkanes) is 1. The molecule has 0 rings (SSSR count). The largest absolute Gasteiger partial charge is 2.00 e. The van der Waals surface area contributed by atoms with Crippen molar-refractivity contribution in [2.24, 2.45) is 5.92 Å². The van der Waals surface area contributed by atoms with Gasteiger partial charge in [0.2, 0.25) is 0 Å². The quantitative estimate of drug-likeness (QED) is 0.119. The normalized spacial score (nSPS) is 10.5. The van der Waals surface area contributed by atoms with Crippen molar-refractivity contribution in [3.8, 4) is 0 Å². The Morgan fingerprint density at radius 1 is 0.963 bits per heavy atom. The smallest absolute Gasteiger partial charge is 1.00 e. The van der Waals surface area contributed by atoms with Gasteiger partial charge in [-0.1, -0.05) is 13.2 Å². The maximum absolute atomic E-state index is 12.1. The Bertz CT molecular complexity index is 635. The summed E-state index contributed by atoms with van der Waals surface area (Å²) in [6.45, 7) is 8.83. The van der Waals surface area contributed by atoms with Gasteiger partial charge >= 0.3 is 55.6 Å². The van der Waals surface area contributed by atoms with Crippen LogP contribution in [0.4, 0.5) is 0 Å². The molecule has 27 heavy (non-hydrogen) atoms. The molecular weight excluding hydrogens is 408 g/mol. The average Bonchev–Trinajstić information content (AvgIpc) is 2.52. The second-order valence-corrected chi connectivity index (χ2v) is 7.19. The summed E-state index contributed by atoms with van der Waals surface area (Å²) >= 11 is 0. The summed E-state index contributed by atoms with van der Waals surface area (Å²) < 4.78 is 44.5. The molecule has 0 amide bonds. The van der Waals surface area contributed by atoms with E-state index >= 15 is 0 Å². The maximum Gasteiger partial charge on any atom is 2.00 e.